The average Bonchev–Trinajstić information content (AvgIpc) is 3.25. The number of nitrogens with zero attached hydrogens (tertiary/aromatic N) is 6. The van der Waals surface area contributed by atoms with Crippen molar-refractivity contribution in [2.75, 3.05) is 49.1 Å². The Bertz CT molecular complexity index is 1250. The fourth-order valence-electron chi connectivity index (χ4n) is 4.74. The zero-order chi connectivity index (χ0) is 23.1. The predicted molar refractivity (Wildman–Crippen MR) is 132 cm³/mol. The van der Waals surface area contributed by atoms with Crippen LogP contribution in [0.2, 0.25) is 5.02 Å². The van der Waals surface area contributed by atoms with Crippen LogP contribution < -0.4 is 15.4 Å². The summed E-state index contributed by atoms with van der Waals surface area (Å²) in [6.45, 7) is 8.38. The first-order chi connectivity index (χ1) is 15.9. The van der Waals surface area contributed by atoms with Crippen LogP contribution in [-0.4, -0.2) is 64.7 Å². The van der Waals surface area contributed by atoms with E-state index in [0.29, 0.717) is 30.3 Å². The summed E-state index contributed by atoms with van der Waals surface area (Å²) in [5.74, 6) is 0.158. The smallest absolute Gasteiger partial charge is 0.275 e. The van der Waals surface area contributed by atoms with E-state index in [2.05, 4.69) is 26.8 Å². The number of rotatable bonds is 3. The first-order valence-corrected chi connectivity index (χ1v) is 12.5. The minimum absolute atomic E-state index is 0.0587. The zero-order valence-electron chi connectivity index (χ0n) is 18.8. The van der Waals surface area contributed by atoms with Crippen LogP contribution in [0.1, 0.15) is 24.1 Å². The van der Waals surface area contributed by atoms with E-state index >= 15 is 0 Å². The summed E-state index contributed by atoms with van der Waals surface area (Å²) < 4.78 is 1.36. The molecule has 10 heteroatoms. The summed E-state index contributed by atoms with van der Waals surface area (Å²) in [5.41, 5.74) is 2.86. The van der Waals surface area contributed by atoms with Gasteiger partial charge in [-0.3, -0.25) is 9.59 Å². The zero-order valence-corrected chi connectivity index (χ0v) is 20.4. The third-order valence-corrected chi connectivity index (χ3v) is 7.71. The number of amides is 1. The van der Waals surface area contributed by atoms with E-state index < -0.39 is 0 Å². The minimum Gasteiger partial charge on any atom is -0.368 e. The molecule has 2 aliphatic heterocycles. The van der Waals surface area contributed by atoms with Gasteiger partial charge in [0.15, 0.2) is 0 Å². The average molecular weight is 487 g/mol. The van der Waals surface area contributed by atoms with Crippen molar-refractivity contribution in [1.29, 1.82) is 0 Å². The lowest BCUT2D eigenvalue weighted by atomic mass is 9.96. The molecular formula is C23H27ClN6O2S. The van der Waals surface area contributed by atoms with Crippen molar-refractivity contribution in [3.05, 3.63) is 50.9 Å². The molecule has 2 aliphatic rings. The van der Waals surface area contributed by atoms with Gasteiger partial charge in [-0.25, -0.2) is 4.98 Å². The van der Waals surface area contributed by atoms with E-state index in [-0.39, 0.29) is 17.4 Å². The summed E-state index contributed by atoms with van der Waals surface area (Å²) in [5, 5.41) is 5.97. The SMILES string of the molecule is Cc1cc(=O)n2nc(N3CCCC(C(=O)N4CCN(c5cc(Cl)ccc5C)CC4)C3)sc2n1. The lowest BCUT2D eigenvalue weighted by molar-refractivity contribution is -0.136. The molecule has 8 nitrogen and oxygen atoms in total. The maximum atomic E-state index is 13.3. The summed E-state index contributed by atoms with van der Waals surface area (Å²) in [6.07, 6.45) is 1.81. The molecule has 3 aromatic rings. The van der Waals surface area contributed by atoms with Gasteiger partial charge in [0, 0.05) is 61.7 Å². The third-order valence-electron chi connectivity index (χ3n) is 6.51. The number of halogens is 1. The highest BCUT2D eigenvalue weighted by Gasteiger charge is 2.32. The van der Waals surface area contributed by atoms with E-state index in [4.69, 9.17) is 11.6 Å². The van der Waals surface area contributed by atoms with Crippen molar-refractivity contribution in [3.63, 3.8) is 0 Å². The van der Waals surface area contributed by atoms with E-state index in [9.17, 15) is 9.59 Å². The molecule has 1 unspecified atom stereocenters. The first kappa shape index (κ1) is 22.2. The van der Waals surface area contributed by atoms with E-state index in [0.717, 1.165) is 48.3 Å². The molecule has 2 fully saturated rings. The molecule has 1 aromatic carbocycles. The number of piperidine rings is 1. The Labute approximate surface area is 201 Å². The number of piperazine rings is 1. The minimum atomic E-state index is -0.169. The summed E-state index contributed by atoms with van der Waals surface area (Å²) >= 11 is 7.61. The van der Waals surface area contributed by atoms with E-state index in [1.165, 1.54) is 27.5 Å². The van der Waals surface area contributed by atoms with Crippen molar-refractivity contribution in [2.45, 2.75) is 26.7 Å². The highest BCUT2D eigenvalue weighted by molar-refractivity contribution is 7.20. The molecular weight excluding hydrogens is 460 g/mol. The van der Waals surface area contributed by atoms with Gasteiger partial charge in [-0.15, -0.1) is 5.10 Å². The highest BCUT2D eigenvalue weighted by atomic mass is 35.5. The van der Waals surface area contributed by atoms with Gasteiger partial charge < -0.3 is 14.7 Å². The molecule has 1 atom stereocenters. The van der Waals surface area contributed by atoms with Gasteiger partial charge in [0.25, 0.3) is 5.56 Å². The monoisotopic (exact) mass is 486 g/mol. The molecule has 0 saturated carbocycles. The van der Waals surface area contributed by atoms with E-state index in [1.54, 1.807) is 0 Å². The van der Waals surface area contributed by atoms with Crippen molar-refractivity contribution in [2.24, 2.45) is 5.92 Å². The Hall–Kier alpha value is -2.65. The fourth-order valence-corrected chi connectivity index (χ4v) is 5.89. The van der Waals surface area contributed by atoms with Gasteiger partial charge >= 0.3 is 0 Å². The normalized spacial score (nSPS) is 19.4. The molecule has 5 rings (SSSR count). The van der Waals surface area contributed by atoms with Crippen LogP contribution in [0.4, 0.5) is 10.8 Å². The lowest BCUT2D eigenvalue weighted by Gasteiger charge is -2.40. The van der Waals surface area contributed by atoms with Gasteiger partial charge in [0.05, 0.1) is 5.92 Å². The lowest BCUT2D eigenvalue weighted by Crippen LogP contribution is -2.52. The summed E-state index contributed by atoms with van der Waals surface area (Å²) in [6, 6.07) is 7.45. The number of hydrogen-bond donors (Lipinski definition) is 0. The number of anilines is 2. The van der Waals surface area contributed by atoms with Crippen LogP contribution in [0.15, 0.2) is 29.1 Å². The topological polar surface area (TPSA) is 74.1 Å². The van der Waals surface area contributed by atoms with Gasteiger partial charge in [0.2, 0.25) is 16.0 Å². The Kier molecular flexibility index (Phi) is 6.01. The van der Waals surface area contributed by atoms with Crippen molar-refractivity contribution in [1.82, 2.24) is 19.5 Å². The van der Waals surface area contributed by atoms with Crippen molar-refractivity contribution < 1.29 is 4.79 Å². The molecule has 1 amide bonds. The first-order valence-electron chi connectivity index (χ1n) is 11.3. The van der Waals surface area contributed by atoms with Crippen LogP contribution in [0.3, 0.4) is 0 Å². The van der Waals surface area contributed by atoms with Crippen LogP contribution in [-0.2, 0) is 4.79 Å². The van der Waals surface area contributed by atoms with Gasteiger partial charge in [0.1, 0.15) is 0 Å². The summed E-state index contributed by atoms with van der Waals surface area (Å²) in [7, 11) is 0. The fraction of sp³-hybridized carbons (Fsp3) is 0.478. The second-order valence-corrected chi connectivity index (χ2v) is 10.2. The predicted octanol–water partition coefficient (Wildman–Crippen LogP) is 2.99. The van der Waals surface area contributed by atoms with E-state index in [1.807, 2.05) is 30.0 Å². The number of fused-ring (bicyclic) bond motifs is 1. The molecule has 4 heterocycles. The van der Waals surface area contributed by atoms with Gasteiger partial charge in [-0.1, -0.05) is 29.0 Å². The molecule has 2 saturated heterocycles. The summed E-state index contributed by atoms with van der Waals surface area (Å²) in [4.78, 5) is 37.0. The van der Waals surface area contributed by atoms with Crippen LogP contribution >= 0.6 is 22.9 Å². The standard InChI is InChI=1S/C23H27ClN6O2S/c1-15-5-6-18(24)13-19(15)27-8-10-28(11-9-27)21(32)17-4-3-7-29(14-17)23-26-30-20(31)12-16(2)25-22(30)33-23/h5-6,12-13,17H,3-4,7-11,14H2,1-2H3. The maximum absolute atomic E-state index is 13.3. The second kappa shape index (κ2) is 8.95. The molecule has 0 aliphatic carbocycles. The molecule has 174 valence electrons. The van der Waals surface area contributed by atoms with Crippen LogP contribution in [0.5, 0.6) is 0 Å². The Morgan fingerprint density at radius 1 is 1.09 bits per heavy atom. The highest BCUT2D eigenvalue weighted by Crippen LogP contribution is 2.29. The third kappa shape index (κ3) is 4.44. The largest absolute Gasteiger partial charge is 0.368 e. The number of aromatic nitrogens is 3. The molecule has 0 spiro atoms. The molecule has 2 aromatic heterocycles. The van der Waals surface area contributed by atoms with Gasteiger partial charge in [-0.05, 0) is 44.4 Å². The maximum Gasteiger partial charge on any atom is 0.275 e. The Morgan fingerprint density at radius 2 is 1.88 bits per heavy atom. The van der Waals surface area contributed by atoms with Gasteiger partial charge in [-0.2, -0.15) is 4.52 Å². The van der Waals surface area contributed by atoms with Crippen LogP contribution in [0.25, 0.3) is 4.96 Å². The molecule has 0 N–H and O–H groups in total. The number of benzene rings is 1. The molecule has 0 bridgehead atoms. The second-order valence-electron chi connectivity index (χ2n) is 8.84. The number of hydrogen-bond acceptors (Lipinski definition) is 7. The van der Waals surface area contributed by atoms with Crippen molar-refractivity contribution in [3.8, 4) is 0 Å². The Balaban J connectivity index is 1.25. The van der Waals surface area contributed by atoms with Crippen LogP contribution in [0, 0.1) is 19.8 Å². The quantitative estimate of drug-likeness (QED) is 0.566. The number of aryl methyl sites for hydroxylation is 2. The van der Waals surface area contributed by atoms with Crippen molar-refractivity contribution >= 4 is 44.6 Å². The number of carbonyl (C=O) groups excluding carboxylic acids is 1. The molecule has 33 heavy (non-hydrogen) atoms. The number of carbonyl (C=O) groups is 1. The molecule has 0 radical (unpaired) electrons. The Morgan fingerprint density at radius 3 is 2.67 bits per heavy atom.